The molecule has 0 unspecified atom stereocenters. The second-order valence-electron chi connectivity index (χ2n) is 5.97. The van der Waals surface area contributed by atoms with Crippen LogP contribution in [0.1, 0.15) is 44.0 Å². The molecule has 1 heterocycles. The Balaban J connectivity index is 1.82. The van der Waals surface area contributed by atoms with E-state index in [4.69, 9.17) is 0 Å². The van der Waals surface area contributed by atoms with Gasteiger partial charge in [-0.05, 0) is 58.3 Å². The average molecular weight is 260 g/mol. The van der Waals surface area contributed by atoms with Crippen molar-refractivity contribution >= 4 is 11.6 Å². The third-order valence-corrected chi connectivity index (χ3v) is 4.16. The van der Waals surface area contributed by atoms with Gasteiger partial charge in [0.1, 0.15) is 17.5 Å². The van der Waals surface area contributed by atoms with Crippen molar-refractivity contribution in [3.05, 3.63) is 11.4 Å². The quantitative estimate of drug-likeness (QED) is 0.825. The molecule has 0 radical (unpaired) electrons. The van der Waals surface area contributed by atoms with E-state index < -0.39 is 0 Å². The predicted molar refractivity (Wildman–Crippen MR) is 78.5 cm³/mol. The van der Waals surface area contributed by atoms with E-state index in [0.29, 0.717) is 6.04 Å². The molecule has 0 saturated heterocycles. The average Bonchev–Trinajstić information content (AvgIpc) is 3.25. The van der Waals surface area contributed by atoms with Crippen LogP contribution in [0.25, 0.3) is 0 Å². The third kappa shape index (κ3) is 2.82. The molecule has 0 bridgehead atoms. The summed E-state index contributed by atoms with van der Waals surface area (Å²) < 4.78 is 0. The Morgan fingerprint density at radius 2 is 1.63 bits per heavy atom. The molecule has 0 atom stereocenters. The Kier molecular flexibility index (Phi) is 3.33. The van der Waals surface area contributed by atoms with Crippen molar-refractivity contribution in [1.29, 1.82) is 0 Å². The molecule has 19 heavy (non-hydrogen) atoms. The summed E-state index contributed by atoms with van der Waals surface area (Å²) in [6.45, 7) is 7.07. The molecule has 0 amide bonds. The fraction of sp³-hybridized carbons (Fsp3) is 0.733. The van der Waals surface area contributed by atoms with Gasteiger partial charge in [-0.15, -0.1) is 0 Å². The van der Waals surface area contributed by atoms with Crippen molar-refractivity contribution in [2.24, 2.45) is 11.8 Å². The largest absolute Gasteiger partial charge is 0.370 e. The highest BCUT2D eigenvalue weighted by molar-refractivity contribution is 5.57. The number of hydrogen-bond donors (Lipinski definition) is 2. The van der Waals surface area contributed by atoms with E-state index in [0.717, 1.165) is 41.4 Å². The fourth-order valence-electron chi connectivity index (χ4n) is 2.80. The molecule has 2 aliphatic carbocycles. The van der Waals surface area contributed by atoms with Crippen molar-refractivity contribution in [1.82, 2.24) is 9.97 Å². The summed E-state index contributed by atoms with van der Waals surface area (Å²) in [6.07, 6.45) is 5.55. The van der Waals surface area contributed by atoms with Crippen molar-refractivity contribution in [3.63, 3.8) is 0 Å². The molecule has 2 aliphatic rings. The van der Waals surface area contributed by atoms with Gasteiger partial charge in [-0.1, -0.05) is 0 Å². The summed E-state index contributed by atoms with van der Waals surface area (Å²) in [5.74, 6) is 4.61. The first kappa shape index (κ1) is 12.7. The Morgan fingerprint density at radius 3 is 2.16 bits per heavy atom. The van der Waals surface area contributed by atoms with Gasteiger partial charge in [-0.2, -0.15) is 0 Å². The van der Waals surface area contributed by atoms with Gasteiger partial charge in [0.25, 0.3) is 0 Å². The zero-order chi connectivity index (χ0) is 13.4. The van der Waals surface area contributed by atoms with Crippen LogP contribution in [-0.4, -0.2) is 22.6 Å². The lowest BCUT2D eigenvalue weighted by Gasteiger charge is -2.21. The van der Waals surface area contributed by atoms with E-state index in [1.165, 1.54) is 25.7 Å². The van der Waals surface area contributed by atoms with E-state index in [2.05, 4.69) is 34.4 Å². The van der Waals surface area contributed by atoms with E-state index >= 15 is 0 Å². The molecule has 0 spiro atoms. The van der Waals surface area contributed by atoms with Gasteiger partial charge in [0.05, 0.1) is 0 Å². The Bertz CT molecular complexity index is 451. The van der Waals surface area contributed by atoms with Crippen LogP contribution < -0.4 is 10.6 Å². The second kappa shape index (κ2) is 4.99. The minimum Gasteiger partial charge on any atom is -0.370 e. The standard InChI is InChI=1S/C15H24N4/c1-4-16-14-9(2)15(18-10(3)17-14)19-13(11-5-6-11)12-7-8-12/h11-13H,4-8H2,1-3H3,(H2,16,17,18,19). The molecular weight excluding hydrogens is 236 g/mol. The number of hydrogen-bond acceptors (Lipinski definition) is 4. The maximum atomic E-state index is 4.61. The summed E-state index contributed by atoms with van der Waals surface area (Å²) in [4.78, 5) is 9.10. The van der Waals surface area contributed by atoms with Crippen molar-refractivity contribution in [2.75, 3.05) is 17.2 Å². The molecule has 0 aliphatic heterocycles. The van der Waals surface area contributed by atoms with Crippen LogP contribution in [0, 0.1) is 25.7 Å². The van der Waals surface area contributed by atoms with Gasteiger partial charge in [0.15, 0.2) is 0 Å². The molecule has 1 aromatic rings. The summed E-state index contributed by atoms with van der Waals surface area (Å²) in [5, 5.41) is 7.05. The number of aromatic nitrogens is 2. The van der Waals surface area contributed by atoms with E-state index in [1.54, 1.807) is 0 Å². The van der Waals surface area contributed by atoms with Gasteiger partial charge in [-0.3, -0.25) is 0 Å². The van der Waals surface area contributed by atoms with E-state index in [9.17, 15) is 0 Å². The number of nitrogens with one attached hydrogen (secondary N) is 2. The Hall–Kier alpha value is -1.32. The number of nitrogens with zero attached hydrogens (tertiary/aromatic N) is 2. The molecule has 2 N–H and O–H groups in total. The maximum absolute atomic E-state index is 4.61. The van der Waals surface area contributed by atoms with Crippen LogP contribution >= 0.6 is 0 Å². The predicted octanol–water partition coefficient (Wildman–Crippen LogP) is 3.13. The molecule has 1 aromatic heterocycles. The highest BCUT2D eigenvalue weighted by Gasteiger charge is 2.41. The normalized spacial score (nSPS) is 18.7. The zero-order valence-electron chi connectivity index (χ0n) is 12.2. The molecule has 4 heteroatoms. The van der Waals surface area contributed by atoms with E-state index in [1.807, 2.05) is 6.92 Å². The summed E-state index contributed by atoms with van der Waals surface area (Å²) in [5.41, 5.74) is 1.15. The maximum Gasteiger partial charge on any atom is 0.134 e. The van der Waals surface area contributed by atoms with Crippen molar-refractivity contribution < 1.29 is 0 Å². The first-order valence-electron chi connectivity index (χ1n) is 7.54. The summed E-state index contributed by atoms with van der Waals surface area (Å²) >= 11 is 0. The Morgan fingerprint density at radius 1 is 1.05 bits per heavy atom. The first-order chi connectivity index (χ1) is 9.19. The first-order valence-corrected chi connectivity index (χ1v) is 7.54. The highest BCUT2D eigenvalue weighted by atomic mass is 15.1. The molecule has 2 saturated carbocycles. The molecule has 104 valence electrons. The minimum atomic E-state index is 0.641. The number of aryl methyl sites for hydroxylation is 1. The van der Waals surface area contributed by atoms with Crippen molar-refractivity contribution in [2.45, 2.75) is 52.5 Å². The minimum absolute atomic E-state index is 0.641. The molecule has 0 aromatic carbocycles. The van der Waals surface area contributed by atoms with Crippen LogP contribution in [0.3, 0.4) is 0 Å². The smallest absolute Gasteiger partial charge is 0.134 e. The summed E-state index contributed by atoms with van der Waals surface area (Å²) in [7, 11) is 0. The van der Waals surface area contributed by atoms with Gasteiger partial charge >= 0.3 is 0 Å². The fourth-order valence-corrected chi connectivity index (χ4v) is 2.80. The van der Waals surface area contributed by atoms with E-state index in [-0.39, 0.29) is 0 Å². The number of anilines is 2. The second-order valence-corrected chi connectivity index (χ2v) is 5.97. The molecule has 3 rings (SSSR count). The lowest BCUT2D eigenvalue weighted by Crippen LogP contribution is -2.26. The number of rotatable bonds is 6. The zero-order valence-corrected chi connectivity index (χ0v) is 12.2. The van der Waals surface area contributed by atoms with Crippen LogP contribution in [0.2, 0.25) is 0 Å². The molecule has 2 fully saturated rings. The van der Waals surface area contributed by atoms with Gasteiger partial charge < -0.3 is 10.6 Å². The lowest BCUT2D eigenvalue weighted by molar-refractivity contribution is 0.565. The SMILES string of the molecule is CCNc1nc(C)nc(NC(C2CC2)C2CC2)c1C. The summed E-state index contributed by atoms with van der Waals surface area (Å²) in [6, 6.07) is 0.641. The third-order valence-electron chi connectivity index (χ3n) is 4.16. The monoisotopic (exact) mass is 260 g/mol. The van der Waals surface area contributed by atoms with Crippen LogP contribution in [0.4, 0.5) is 11.6 Å². The topological polar surface area (TPSA) is 49.8 Å². The van der Waals surface area contributed by atoms with Crippen LogP contribution in [-0.2, 0) is 0 Å². The van der Waals surface area contributed by atoms with Crippen LogP contribution in [0.15, 0.2) is 0 Å². The van der Waals surface area contributed by atoms with Gasteiger partial charge in [0, 0.05) is 18.2 Å². The van der Waals surface area contributed by atoms with Crippen LogP contribution in [0.5, 0.6) is 0 Å². The molecule has 4 nitrogen and oxygen atoms in total. The van der Waals surface area contributed by atoms with Gasteiger partial charge in [-0.25, -0.2) is 9.97 Å². The van der Waals surface area contributed by atoms with Gasteiger partial charge in [0.2, 0.25) is 0 Å². The van der Waals surface area contributed by atoms with Crippen molar-refractivity contribution in [3.8, 4) is 0 Å². The molecular formula is C15H24N4. The lowest BCUT2D eigenvalue weighted by atomic mass is 10.1. The Labute approximate surface area is 115 Å². The highest BCUT2D eigenvalue weighted by Crippen LogP contribution is 2.46.